The van der Waals surface area contributed by atoms with Crippen LogP contribution < -0.4 is 16.0 Å². The molecule has 2 bridgehead atoms. The molecular weight excluding hydrogens is 576 g/mol. The second-order valence-corrected chi connectivity index (χ2v) is 14.0. The summed E-state index contributed by atoms with van der Waals surface area (Å²) >= 11 is 10.5. The number of halogens is 1. The lowest BCUT2D eigenvalue weighted by molar-refractivity contribution is 0.132. The Morgan fingerprint density at radius 2 is 1.90 bits per heavy atom. The Hall–Kier alpha value is -2.22. The van der Waals surface area contributed by atoms with Crippen LogP contribution in [0.3, 0.4) is 0 Å². The number of thioether (sulfide) groups is 1. The minimum Gasteiger partial charge on any atom is -0.368 e. The highest BCUT2D eigenvalue weighted by atomic mass is 35.5. The number of aliphatic imine (C=N–C) groups is 1. The van der Waals surface area contributed by atoms with E-state index >= 15 is 0 Å². The van der Waals surface area contributed by atoms with Gasteiger partial charge in [0.1, 0.15) is 23.7 Å². The molecule has 3 N–H and O–H groups in total. The Labute approximate surface area is 253 Å². The van der Waals surface area contributed by atoms with Gasteiger partial charge >= 0.3 is 0 Å². The van der Waals surface area contributed by atoms with E-state index in [1.54, 1.807) is 6.20 Å². The zero-order valence-electron chi connectivity index (χ0n) is 23.2. The first-order chi connectivity index (χ1) is 20.1. The summed E-state index contributed by atoms with van der Waals surface area (Å²) in [6.07, 6.45) is 4.24. The van der Waals surface area contributed by atoms with Gasteiger partial charge in [-0.25, -0.2) is 15.0 Å². The van der Waals surface area contributed by atoms with Crippen LogP contribution in [0, 0.1) is 0 Å². The average molecular weight is 611 g/mol. The topological polar surface area (TPSA) is 102 Å². The first-order valence-corrected chi connectivity index (χ1v) is 16.8. The van der Waals surface area contributed by atoms with Gasteiger partial charge in [0.25, 0.3) is 0 Å². The number of nitrogens with one attached hydrogen (secondary N) is 1. The number of aromatic nitrogens is 3. The third-order valence-corrected chi connectivity index (χ3v) is 11.6. The lowest BCUT2D eigenvalue weighted by Gasteiger charge is -2.46. The monoisotopic (exact) mass is 610 g/mol. The van der Waals surface area contributed by atoms with Gasteiger partial charge in [-0.1, -0.05) is 18.5 Å². The van der Waals surface area contributed by atoms with Crippen LogP contribution in [0.1, 0.15) is 25.3 Å². The molecule has 0 radical (unpaired) electrons. The highest BCUT2D eigenvalue weighted by Crippen LogP contribution is 2.51. The summed E-state index contributed by atoms with van der Waals surface area (Å²) < 4.78 is 5.76. The molecule has 41 heavy (non-hydrogen) atoms. The highest BCUT2D eigenvalue weighted by molar-refractivity contribution is 7.99. The number of nitrogens with zero attached hydrogens (tertiary/aromatic N) is 8. The van der Waals surface area contributed by atoms with Crippen LogP contribution >= 0.6 is 34.9 Å². The van der Waals surface area contributed by atoms with Crippen molar-refractivity contribution in [3.8, 4) is 11.3 Å². The Morgan fingerprint density at radius 3 is 2.68 bits per heavy atom. The number of likely N-dealkylation sites (N-methyl/N-ethyl adjacent to an activating group) is 1. The fraction of sp³-hybridized carbons (Fsp3) is 0.571. The molecule has 5 aliphatic rings. The van der Waals surface area contributed by atoms with Crippen LogP contribution in [0.4, 0.5) is 11.6 Å². The zero-order chi connectivity index (χ0) is 27.7. The van der Waals surface area contributed by atoms with Gasteiger partial charge in [-0.3, -0.25) is 4.90 Å². The molecular formula is C28H35ClN10S2. The summed E-state index contributed by atoms with van der Waals surface area (Å²) in [5, 5.41) is 4.46. The van der Waals surface area contributed by atoms with Gasteiger partial charge in [0.2, 0.25) is 5.95 Å². The van der Waals surface area contributed by atoms with Gasteiger partial charge in [0, 0.05) is 79.7 Å². The van der Waals surface area contributed by atoms with Crippen molar-refractivity contribution in [1.29, 1.82) is 0 Å². The van der Waals surface area contributed by atoms with Crippen LogP contribution in [-0.2, 0) is 0 Å². The van der Waals surface area contributed by atoms with Crippen molar-refractivity contribution in [2.24, 2.45) is 4.99 Å². The summed E-state index contributed by atoms with van der Waals surface area (Å²) in [6, 6.07) is 3.60. The SMILES string of the molecule is CCN1CCN(C[C@H]2CSc3c(-c4nsc5cnc(N)nc45)c(Cl)cc4c3N2CN=C4N2CC3CCC(C2)N3)CC1. The van der Waals surface area contributed by atoms with E-state index in [1.807, 2.05) is 11.8 Å². The molecule has 3 saturated heterocycles. The molecule has 0 amide bonds. The molecule has 7 heterocycles. The number of nitrogens with two attached hydrogens (primary N) is 1. The Balaban J connectivity index is 1.21. The Morgan fingerprint density at radius 1 is 1.12 bits per heavy atom. The predicted molar refractivity (Wildman–Crippen MR) is 169 cm³/mol. The van der Waals surface area contributed by atoms with Crippen LogP contribution in [0.15, 0.2) is 22.2 Å². The van der Waals surface area contributed by atoms with E-state index in [9.17, 15) is 0 Å². The smallest absolute Gasteiger partial charge is 0.220 e. The lowest BCUT2D eigenvalue weighted by atomic mass is 9.99. The predicted octanol–water partition coefficient (Wildman–Crippen LogP) is 3.06. The number of amidine groups is 1. The van der Waals surface area contributed by atoms with Crippen molar-refractivity contribution < 1.29 is 0 Å². The number of anilines is 2. The van der Waals surface area contributed by atoms with Gasteiger partial charge in [-0.2, -0.15) is 4.37 Å². The molecule has 1 aromatic carbocycles. The molecule has 216 valence electrons. The van der Waals surface area contributed by atoms with Crippen molar-refractivity contribution >= 4 is 62.6 Å². The maximum Gasteiger partial charge on any atom is 0.220 e. The maximum absolute atomic E-state index is 7.20. The Bertz CT molecular complexity index is 1510. The van der Waals surface area contributed by atoms with Gasteiger partial charge in [0.15, 0.2) is 0 Å². The van der Waals surface area contributed by atoms with E-state index in [-0.39, 0.29) is 5.95 Å². The van der Waals surface area contributed by atoms with Gasteiger partial charge < -0.3 is 25.8 Å². The van der Waals surface area contributed by atoms with Gasteiger partial charge in [-0.15, -0.1) is 11.8 Å². The number of nitrogen functional groups attached to an aromatic ring is 1. The van der Waals surface area contributed by atoms with Crippen molar-refractivity contribution in [3.63, 3.8) is 0 Å². The molecule has 8 rings (SSSR count). The normalized spacial score (nSPS) is 26.5. The summed E-state index contributed by atoms with van der Waals surface area (Å²) in [7, 11) is 0. The number of hydrogen-bond donors (Lipinski definition) is 2. The highest BCUT2D eigenvalue weighted by Gasteiger charge is 2.41. The van der Waals surface area contributed by atoms with Crippen molar-refractivity contribution in [1.82, 2.24) is 34.4 Å². The molecule has 3 atom stereocenters. The van der Waals surface area contributed by atoms with Gasteiger partial charge in [0.05, 0.1) is 27.6 Å². The van der Waals surface area contributed by atoms with E-state index in [2.05, 4.69) is 47.9 Å². The van der Waals surface area contributed by atoms with Crippen molar-refractivity contribution in [2.45, 2.75) is 42.8 Å². The second kappa shape index (κ2) is 10.5. The number of rotatable bonds is 4. The second-order valence-electron chi connectivity index (χ2n) is 11.8. The summed E-state index contributed by atoms with van der Waals surface area (Å²) in [6.45, 7) is 11.6. The van der Waals surface area contributed by atoms with Gasteiger partial charge in [-0.05, 0) is 37.0 Å². The summed E-state index contributed by atoms with van der Waals surface area (Å²) in [5.74, 6) is 2.33. The minimum absolute atomic E-state index is 0.252. The molecule has 5 aliphatic heterocycles. The Kier molecular flexibility index (Phi) is 6.76. The molecule has 2 aromatic heterocycles. The van der Waals surface area contributed by atoms with E-state index in [1.165, 1.54) is 35.0 Å². The molecule has 0 spiro atoms. The first kappa shape index (κ1) is 26.4. The summed E-state index contributed by atoms with van der Waals surface area (Å²) in [5.41, 5.74) is 11.0. The van der Waals surface area contributed by atoms with E-state index < -0.39 is 0 Å². The average Bonchev–Trinajstić information content (AvgIpc) is 3.55. The van der Waals surface area contributed by atoms with E-state index in [0.29, 0.717) is 29.8 Å². The number of piperazine rings is 2. The minimum atomic E-state index is 0.252. The van der Waals surface area contributed by atoms with Crippen LogP contribution in [0.25, 0.3) is 21.5 Å². The largest absolute Gasteiger partial charge is 0.368 e. The molecule has 0 aliphatic carbocycles. The maximum atomic E-state index is 7.20. The number of likely N-dealkylation sites (tertiary alicyclic amines) is 1. The molecule has 2 unspecified atom stereocenters. The number of benzene rings is 1. The standard InChI is InChI=1S/C28H35ClN10S2/c1-2-36-5-7-37(8-6-36)13-18-14-40-26-22(24-23-21(41-35-24)10-31-28(30)34-23)20(29)9-19-25(26)39(18)15-32-27(19)38-11-16-3-4-17(12-38)33-16/h9-10,16-18,33H,2-8,11-15H2,1H3,(H2,30,31,34)/t16?,17?,18-/m0/s1. The van der Waals surface area contributed by atoms with Crippen molar-refractivity contribution in [2.75, 3.05) is 75.4 Å². The molecule has 10 nitrogen and oxygen atoms in total. The third-order valence-electron chi connectivity index (χ3n) is 9.34. The zero-order valence-corrected chi connectivity index (χ0v) is 25.6. The number of hydrogen-bond acceptors (Lipinski definition) is 12. The third kappa shape index (κ3) is 4.58. The summed E-state index contributed by atoms with van der Waals surface area (Å²) in [4.78, 5) is 25.5. The quantitative estimate of drug-likeness (QED) is 0.458. The molecule has 3 fully saturated rings. The van der Waals surface area contributed by atoms with Crippen LogP contribution in [0.5, 0.6) is 0 Å². The fourth-order valence-electron chi connectivity index (χ4n) is 7.20. The van der Waals surface area contributed by atoms with E-state index in [4.69, 9.17) is 26.7 Å². The number of fused-ring (bicyclic) bond motifs is 3. The molecule has 0 saturated carbocycles. The first-order valence-electron chi connectivity index (χ1n) is 14.7. The van der Waals surface area contributed by atoms with E-state index in [0.717, 1.165) is 91.0 Å². The lowest BCUT2D eigenvalue weighted by Crippen LogP contribution is -2.56. The molecule has 13 heteroatoms. The fourth-order valence-corrected chi connectivity index (χ4v) is 9.60. The van der Waals surface area contributed by atoms with Crippen LogP contribution in [-0.4, -0.2) is 118 Å². The van der Waals surface area contributed by atoms with Crippen molar-refractivity contribution in [3.05, 3.63) is 22.8 Å². The van der Waals surface area contributed by atoms with Crippen LogP contribution in [0.2, 0.25) is 5.02 Å². The molecule has 3 aromatic rings.